The van der Waals surface area contributed by atoms with E-state index in [1.807, 2.05) is 18.2 Å². The molecule has 110 valence electrons. The minimum absolute atomic E-state index is 0.150. The number of hydrogen-bond donors (Lipinski definition) is 2. The summed E-state index contributed by atoms with van der Waals surface area (Å²) < 4.78 is 5.50. The summed E-state index contributed by atoms with van der Waals surface area (Å²) in [6.07, 6.45) is 4.67. The Bertz CT molecular complexity index is 686. The van der Waals surface area contributed by atoms with Crippen molar-refractivity contribution in [3.05, 3.63) is 35.6 Å². The maximum absolute atomic E-state index is 11.6. The van der Waals surface area contributed by atoms with E-state index < -0.39 is 0 Å². The molecule has 0 aliphatic heterocycles. The lowest BCUT2D eigenvalue weighted by molar-refractivity contribution is -0.122. The third-order valence-corrected chi connectivity index (χ3v) is 3.74. The van der Waals surface area contributed by atoms with Crippen molar-refractivity contribution >= 4 is 22.8 Å². The van der Waals surface area contributed by atoms with Gasteiger partial charge in [0.15, 0.2) is 0 Å². The third-order valence-electron chi connectivity index (χ3n) is 3.74. The van der Waals surface area contributed by atoms with Gasteiger partial charge in [-0.05, 0) is 42.5 Å². The van der Waals surface area contributed by atoms with Gasteiger partial charge in [-0.25, -0.2) is 0 Å². The molecule has 1 heterocycles. The molecule has 3 N–H and O–H groups in total. The summed E-state index contributed by atoms with van der Waals surface area (Å²) in [5.41, 5.74) is 7.91. The molecule has 2 amide bonds. The van der Waals surface area contributed by atoms with Gasteiger partial charge >= 0.3 is 0 Å². The number of carbonyl (C=O) groups is 2. The predicted octanol–water partition coefficient (Wildman–Crippen LogP) is 1.53. The van der Waals surface area contributed by atoms with Crippen LogP contribution < -0.4 is 11.1 Å². The average molecular weight is 286 g/mol. The number of primary amides is 1. The Balaban J connectivity index is 1.68. The third kappa shape index (κ3) is 3.24. The first kappa shape index (κ1) is 13.7. The number of fused-ring (bicyclic) bond motifs is 1. The Labute approximate surface area is 122 Å². The minimum Gasteiger partial charge on any atom is -0.464 e. The SMILES string of the molecule is NC(=O)Cc1ccc2occ(CCNC(=O)C3CC3)c2c1. The molecule has 0 atom stereocenters. The van der Waals surface area contributed by atoms with Crippen molar-refractivity contribution in [3.63, 3.8) is 0 Å². The second-order valence-corrected chi connectivity index (χ2v) is 5.55. The quantitative estimate of drug-likeness (QED) is 0.844. The highest BCUT2D eigenvalue weighted by atomic mass is 16.3. The summed E-state index contributed by atoms with van der Waals surface area (Å²) >= 11 is 0. The largest absolute Gasteiger partial charge is 0.464 e. The van der Waals surface area contributed by atoms with E-state index in [4.69, 9.17) is 10.2 Å². The Morgan fingerprint density at radius 1 is 1.33 bits per heavy atom. The van der Waals surface area contributed by atoms with Crippen LogP contribution in [-0.2, 0) is 22.4 Å². The second kappa shape index (κ2) is 5.60. The molecular formula is C16H18N2O3. The lowest BCUT2D eigenvalue weighted by Crippen LogP contribution is -2.26. The van der Waals surface area contributed by atoms with E-state index >= 15 is 0 Å². The summed E-state index contributed by atoms with van der Waals surface area (Å²) in [4.78, 5) is 22.6. The first-order valence-electron chi connectivity index (χ1n) is 7.18. The van der Waals surface area contributed by atoms with Gasteiger partial charge in [0.1, 0.15) is 5.58 Å². The van der Waals surface area contributed by atoms with Crippen LogP contribution in [0, 0.1) is 5.92 Å². The first-order valence-corrected chi connectivity index (χ1v) is 7.18. The number of carbonyl (C=O) groups excluding carboxylic acids is 2. The predicted molar refractivity (Wildman–Crippen MR) is 78.6 cm³/mol. The summed E-state index contributed by atoms with van der Waals surface area (Å²) in [7, 11) is 0. The lowest BCUT2D eigenvalue weighted by atomic mass is 10.1. The molecule has 1 aliphatic rings. The van der Waals surface area contributed by atoms with E-state index in [9.17, 15) is 9.59 Å². The molecule has 1 fully saturated rings. The molecule has 3 rings (SSSR count). The summed E-state index contributed by atoms with van der Waals surface area (Å²) in [5, 5.41) is 3.92. The van der Waals surface area contributed by atoms with Crippen LogP contribution in [0.15, 0.2) is 28.9 Å². The van der Waals surface area contributed by atoms with E-state index in [0.717, 1.165) is 34.9 Å². The van der Waals surface area contributed by atoms with Crippen molar-refractivity contribution in [3.8, 4) is 0 Å². The molecule has 5 nitrogen and oxygen atoms in total. The molecule has 1 aliphatic carbocycles. The molecule has 1 aromatic carbocycles. The average Bonchev–Trinajstić information content (AvgIpc) is 3.21. The highest BCUT2D eigenvalue weighted by molar-refractivity contribution is 5.84. The van der Waals surface area contributed by atoms with Crippen molar-refractivity contribution < 1.29 is 14.0 Å². The lowest BCUT2D eigenvalue weighted by Gasteiger charge is -2.03. The maximum atomic E-state index is 11.6. The van der Waals surface area contributed by atoms with Gasteiger partial charge in [0.05, 0.1) is 12.7 Å². The van der Waals surface area contributed by atoms with Gasteiger partial charge in [-0.1, -0.05) is 6.07 Å². The number of benzene rings is 1. The molecule has 1 saturated carbocycles. The highest BCUT2D eigenvalue weighted by Crippen LogP contribution is 2.28. The number of furan rings is 1. The minimum atomic E-state index is -0.351. The second-order valence-electron chi connectivity index (χ2n) is 5.55. The molecule has 2 aromatic rings. The Hall–Kier alpha value is -2.30. The van der Waals surface area contributed by atoms with E-state index in [-0.39, 0.29) is 24.2 Å². The van der Waals surface area contributed by atoms with Gasteiger partial charge in [-0.3, -0.25) is 9.59 Å². The normalized spacial score (nSPS) is 14.3. The monoisotopic (exact) mass is 286 g/mol. The van der Waals surface area contributed by atoms with Crippen LogP contribution in [0.25, 0.3) is 11.0 Å². The highest BCUT2D eigenvalue weighted by Gasteiger charge is 2.29. The fourth-order valence-corrected chi connectivity index (χ4v) is 2.44. The van der Waals surface area contributed by atoms with Gasteiger partial charge in [0, 0.05) is 17.8 Å². The Morgan fingerprint density at radius 3 is 2.86 bits per heavy atom. The fourth-order valence-electron chi connectivity index (χ4n) is 2.44. The van der Waals surface area contributed by atoms with Gasteiger partial charge in [0.25, 0.3) is 0 Å². The number of hydrogen-bond acceptors (Lipinski definition) is 3. The van der Waals surface area contributed by atoms with Crippen molar-refractivity contribution in [1.82, 2.24) is 5.32 Å². The molecule has 0 bridgehead atoms. The van der Waals surface area contributed by atoms with Gasteiger partial charge < -0.3 is 15.5 Å². The van der Waals surface area contributed by atoms with Gasteiger partial charge in [-0.2, -0.15) is 0 Å². The van der Waals surface area contributed by atoms with Crippen LogP contribution in [-0.4, -0.2) is 18.4 Å². The molecule has 1 aromatic heterocycles. The molecular weight excluding hydrogens is 268 g/mol. The van der Waals surface area contributed by atoms with Gasteiger partial charge in [-0.15, -0.1) is 0 Å². The van der Waals surface area contributed by atoms with E-state index in [2.05, 4.69) is 5.32 Å². The molecule has 0 saturated heterocycles. The number of nitrogens with two attached hydrogens (primary N) is 1. The van der Waals surface area contributed by atoms with E-state index in [1.54, 1.807) is 6.26 Å². The standard InChI is InChI=1S/C16H18N2O3/c17-15(19)8-10-1-4-14-13(7-10)12(9-21-14)5-6-18-16(20)11-2-3-11/h1,4,7,9,11H,2-3,5-6,8H2,(H2,17,19)(H,18,20). The summed E-state index contributed by atoms with van der Waals surface area (Å²) in [6.45, 7) is 0.601. The van der Waals surface area contributed by atoms with Crippen LogP contribution in [0.1, 0.15) is 24.0 Å². The van der Waals surface area contributed by atoms with Crippen LogP contribution in [0.4, 0.5) is 0 Å². The van der Waals surface area contributed by atoms with Crippen molar-refractivity contribution in [2.75, 3.05) is 6.54 Å². The van der Waals surface area contributed by atoms with Gasteiger partial charge in [0.2, 0.25) is 11.8 Å². The molecule has 0 spiro atoms. The van der Waals surface area contributed by atoms with Crippen LogP contribution in [0.5, 0.6) is 0 Å². The zero-order valence-electron chi connectivity index (χ0n) is 11.7. The Morgan fingerprint density at radius 2 is 2.14 bits per heavy atom. The smallest absolute Gasteiger partial charge is 0.223 e. The zero-order valence-corrected chi connectivity index (χ0v) is 11.7. The first-order chi connectivity index (χ1) is 10.1. The van der Waals surface area contributed by atoms with Crippen LogP contribution in [0.3, 0.4) is 0 Å². The Kier molecular flexibility index (Phi) is 3.64. The molecule has 21 heavy (non-hydrogen) atoms. The summed E-state index contributed by atoms with van der Waals surface area (Å²) in [6, 6.07) is 5.62. The maximum Gasteiger partial charge on any atom is 0.223 e. The number of amides is 2. The van der Waals surface area contributed by atoms with Crippen molar-refractivity contribution in [1.29, 1.82) is 0 Å². The van der Waals surface area contributed by atoms with Crippen LogP contribution >= 0.6 is 0 Å². The van der Waals surface area contributed by atoms with E-state index in [0.29, 0.717) is 13.0 Å². The van der Waals surface area contributed by atoms with Crippen LogP contribution in [0.2, 0.25) is 0 Å². The molecule has 0 radical (unpaired) electrons. The van der Waals surface area contributed by atoms with E-state index in [1.165, 1.54) is 0 Å². The summed E-state index contributed by atoms with van der Waals surface area (Å²) in [5.74, 6) is 0.0292. The van der Waals surface area contributed by atoms with Crippen molar-refractivity contribution in [2.45, 2.75) is 25.7 Å². The molecule has 5 heteroatoms. The zero-order chi connectivity index (χ0) is 14.8. The fraction of sp³-hybridized carbons (Fsp3) is 0.375. The number of nitrogens with one attached hydrogen (secondary N) is 1. The van der Waals surface area contributed by atoms with Crippen molar-refractivity contribution in [2.24, 2.45) is 11.7 Å². The molecule has 0 unspecified atom stereocenters. The topological polar surface area (TPSA) is 85.3 Å². The number of rotatable bonds is 6.